The number of rotatable bonds is 4. The van der Waals surface area contributed by atoms with Crippen LogP contribution in [0.4, 0.5) is 0 Å². The predicted molar refractivity (Wildman–Crippen MR) is 127 cm³/mol. The number of H-pyrrole nitrogens is 1. The molecule has 0 amide bonds. The normalized spacial score (nSPS) is 28.0. The van der Waals surface area contributed by atoms with Crippen LogP contribution in [-0.2, 0) is 14.9 Å². The summed E-state index contributed by atoms with van der Waals surface area (Å²) in [7, 11) is 1.34. The number of aromatic nitrogens is 1. The van der Waals surface area contributed by atoms with Crippen molar-refractivity contribution in [2.24, 2.45) is 0 Å². The minimum Gasteiger partial charge on any atom is -0.491 e. The molecule has 2 aromatic carbocycles. The van der Waals surface area contributed by atoms with E-state index >= 15 is 0 Å². The van der Waals surface area contributed by atoms with Gasteiger partial charge in [0.1, 0.15) is 36.8 Å². The van der Waals surface area contributed by atoms with Crippen molar-refractivity contribution in [1.29, 1.82) is 0 Å². The second-order valence-corrected chi connectivity index (χ2v) is 10.2. The van der Waals surface area contributed by atoms with Crippen LogP contribution >= 0.6 is 15.9 Å². The Morgan fingerprint density at radius 2 is 1.85 bits per heavy atom. The lowest BCUT2D eigenvalue weighted by atomic mass is 9.71. The number of methoxy groups -OCH3 is 1. The molecule has 34 heavy (non-hydrogen) atoms. The number of aliphatic hydroxyl groups is 3. The highest BCUT2D eigenvalue weighted by Gasteiger charge is 2.44. The molecule has 2 heterocycles. The number of carbonyl (C=O) groups is 1. The number of benzene rings is 2. The minimum absolute atomic E-state index is 0.0458. The number of nitrogens with one attached hydrogen (secondary N) is 1. The Bertz CT molecular complexity index is 1270. The Morgan fingerprint density at radius 1 is 1.09 bits per heavy atom. The first-order valence-electron chi connectivity index (χ1n) is 11.0. The lowest BCUT2D eigenvalue weighted by molar-refractivity contribution is -0.293. The summed E-state index contributed by atoms with van der Waals surface area (Å²) in [5.74, 6) is 0.447. The van der Waals surface area contributed by atoms with Crippen LogP contribution in [0.5, 0.6) is 5.75 Å². The molecule has 5 rings (SSSR count). The van der Waals surface area contributed by atoms with Crippen LogP contribution in [-0.4, -0.2) is 70.5 Å². The Kier molecular flexibility index (Phi) is 5.83. The number of carbonyl (C=O) groups excluding carboxylic acids is 1. The molecule has 180 valence electrons. The zero-order chi connectivity index (χ0) is 24.4. The van der Waals surface area contributed by atoms with Crippen molar-refractivity contribution in [3.8, 4) is 5.75 Å². The van der Waals surface area contributed by atoms with E-state index in [1.165, 1.54) is 7.11 Å². The van der Waals surface area contributed by atoms with E-state index < -0.39 is 36.1 Å². The van der Waals surface area contributed by atoms with Gasteiger partial charge in [0.2, 0.25) is 0 Å². The highest BCUT2D eigenvalue weighted by molar-refractivity contribution is 9.10. The fourth-order valence-electron chi connectivity index (χ4n) is 4.90. The number of hydrogen-bond donors (Lipinski definition) is 4. The van der Waals surface area contributed by atoms with E-state index in [0.29, 0.717) is 16.9 Å². The fourth-order valence-corrected chi connectivity index (χ4v) is 5.26. The number of fused-ring (bicyclic) bond motifs is 4. The molecule has 1 fully saturated rings. The van der Waals surface area contributed by atoms with Gasteiger partial charge in [0.05, 0.1) is 5.56 Å². The average Bonchev–Trinajstić information content (AvgIpc) is 3.20. The summed E-state index contributed by atoms with van der Waals surface area (Å²) < 4.78 is 17.4. The third-order valence-corrected chi connectivity index (χ3v) is 7.33. The van der Waals surface area contributed by atoms with E-state index in [9.17, 15) is 20.1 Å². The van der Waals surface area contributed by atoms with Gasteiger partial charge in [-0.05, 0) is 35.9 Å². The lowest BCUT2D eigenvalue weighted by Crippen LogP contribution is -2.59. The molecule has 1 aromatic heterocycles. The van der Waals surface area contributed by atoms with E-state index in [4.69, 9.17) is 14.2 Å². The Balaban J connectivity index is 1.44. The van der Waals surface area contributed by atoms with Gasteiger partial charge in [-0.3, -0.25) is 4.79 Å². The molecule has 0 spiro atoms. The van der Waals surface area contributed by atoms with Gasteiger partial charge in [-0.15, -0.1) is 0 Å². The first kappa shape index (κ1) is 23.5. The first-order chi connectivity index (χ1) is 16.1. The smallest absolute Gasteiger partial charge is 0.195 e. The van der Waals surface area contributed by atoms with Crippen molar-refractivity contribution < 1.29 is 34.3 Å². The molecule has 2 aliphatic rings. The quantitative estimate of drug-likeness (QED) is 0.408. The van der Waals surface area contributed by atoms with Gasteiger partial charge in [0.25, 0.3) is 0 Å². The van der Waals surface area contributed by atoms with Crippen molar-refractivity contribution >= 4 is 32.6 Å². The molecular weight excluding hydrogens is 506 g/mol. The van der Waals surface area contributed by atoms with E-state index in [2.05, 4.69) is 34.8 Å². The Hall–Kier alpha value is -2.27. The van der Waals surface area contributed by atoms with E-state index in [1.54, 1.807) is 12.1 Å². The zero-order valence-corrected chi connectivity index (χ0v) is 20.5. The fraction of sp³-hybridized carbons (Fsp3) is 0.400. The highest BCUT2D eigenvalue weighted by Crippen LogP contribution is 2.45. The van der Waals surface area contributed by atoms with Gasteiger partial charge in [-0.1, -0.05) is 35.8 Å². The predicted octanol–water partition coefficient (Wildman–Crippen LogP) is 2.63. The second-order valence-electron chi connectivity index (χ2n) is 9.29. The van der Waals surface area contributed by atoms with Gasteiger partial charge in [0.15, 0.2) is 12.1 Å². The van der Waals surface area contributed by atoms with Crippen molar-refractivity contribution in [3.05, 3.63) is 63.3 Å². The highest BCUT2D eigenvalue weighted by atomic mass is 79.9. The first-order valence-corrected chi connectivity index (χ1v) is 11.8. The van der Waals surface area contributed by atoms with Crippen LogP contribution in [0.2, 0.25) is 0 Å². The molecule has 1 saturated heterocycles. The van der Waals surface area contributed by atoms with Crippen molar-refractivity contribution in [3.63, 3.8) is 0 Å². The molecule has 5 atom stereocenters. The third-order valence-electron chi connectivity index (χ3n) is 6.84. The van der Waals surface area contributed by atoms with Crippen LogP contribution in [0.1, 0.15) is 41.0 Å². The molecule has 0 saturated carbocycles. The molecule has 1 aliphatic carbocycles. The molecule has 8 nitrogen and oxygen atoms in total. The maximum Gasteiger partial charge on any atom is 0.195 e. The number of ether oxygens (including phenoxy) is 3. The van der Waals surface area contributed by atoms with Crippen LogP contribution < -0.4 is 4.74 Å². The maximum absolute atomic E-state index is 13.5. The summed E-state index contributed by atoms with van der Waals surface area (Å²) in [6.07, 6.45) is -6.11. The van der Waals surface area contributed by atoms with Gasteiger partial charge < -0.3 is 34.5 Å². The largest absolute Gasteiger partial charge is 0.491 e. The molecule has 0 radical (unpaired) electrons. The topological polar surface area (TPSA) is 121 Å². The average molecular weight is 532 g/mol. The molecule has 0 bridgehead atoms. The molecule has 1 unspecified atom stereocenters. The summed E-state index contributed by atoms with van der Waals surface area (Å²) in [5, 5.41) is 31.2. The van der Waals surface area contributed by atoms with E-state index in [1.807, 2.05) is 24.3 Å². The van der Waals surface area contributed by atoms with Crippen molar-refractivity contribution in [1.82, 2.24) is 4.98 Å². The standard InChI is InChI=1S/C25H26BrNO7/c1-25(2)15-9-12(33-10-17-20(29)21(30)22(31)24(32-3)34-17)5-7-13(15)19(28)18-14-6-4-11(26)8-16(14)27-23(18)25/h4-9,17,20-22,24,27,29-31H,10H2,1-3H3/t17-,20+,21+,22?,24+/m1/s1. The number of hydrogen-bond acceptors (Lipinski definition) is 7. The molecule has 1 aliphatic heterocycles. The van der Waals surface area contributed by atoms with Gasteiger partial charge in [0, 0.05) is 39.2 Å². The van der Waals surface area contributed by atoms with E-state index in [-0.39, 0.29) is 12.4 Å². The number of aromatic amines is 1. The van der Waals surface area contributed by atoms with E-state index in [0.717, 1.165) is 26.6 Å². The molecular formula is C25H26BrNO7. The number of aliphatic hydroxyl groups excluding tert-OH is 3. The van der Waals surface area contributed by atoms with Crippen molar-refractivity contribution in [2.45, 2.75) is 50.0 Å². The zero-order valence-electron chi connectivity index (χ0n) is 18.9. The number of halogens is 1. The molecule has 4 N–H and O–H groups in total. The third kappa shape index (κ3) is 3.59. The second kappa shape index (κ2) is 8.44. The Labute approximate surface area is 204 Å². The van der Waals surface area contributed by atoms with Crippen LogP contribution in [0.15, 0.2) is 40.9 Å². The van der Waals surface area contributed by atoms with Gasteiger partial charge in [-0.2, -0.15) is 0 Å². The summed E-state index contributed by atoms with van der Waals surface area (Å²) in [6.45, 7) is 4.03. The minimum atomic E-state index is -1.42. The molecule has 9 heteroatoms. The monoisotopic (exact) mass is 531 g/mol. The van der Waals surface area contributed by atoms with Crippen LogP contribution in [0, 0.1) is 0 Å². The van der Waals surface area contributed by atoms with Gasteiger partial charge in [-0.25, -0.2) is 0 Å². The number of ketones is 1. The van der Waals surface area contributed by atoms with Crippen LogP contribution in [0.3, 0.4) is 0 Å². The van der Waals surface area contributed by atoms with Gasteiger partial charge >= 0.3 is 0 Å². The van der Waals surface area contributed by atoms with Crippen LogP contribution in [0.25, 0.3) is 10.9 Å². The summed E-state index contributed by atoms with van der Waals surface area (Å²) in [6, 6.07) is 11.1. The molecule has 3 aromatic rings. The lowest BCUT2D eigenvalue weighted by Gasteiger charge is -2.39. The SMILES string of the molecule is CO[C@H]1O[C@H](COc2ccc3c(c2)C(C)(C)c2[nH]c4cc(Br)ccc4c2C3=O)[C@H](O)[C@H](O)C1O. The summed E-state index contributed by atoms with van der Waals surface area (Å²) in [4.78, 5) is 16.9. The Morgan fingerprint density at radius 3 is 2.59 bits per heavy atom. The maximum atomic E-state index is 13.5. The summed E-state index contributed by atoms with van der Waals surface area (Å²) in [5.41, 5.74) is 3.36. The summed E-state index contributed by atoms with van der Waals surface area (Å²) >= 11 is 3.49. The van der Waals surface area contributed by atoms with Crippen molar-refractivity contribution in [2.75, 3.05) is 13.7 Å².